The number of aliphatic hydroxyl groups is 1. The fourth-order valence-electron chi connectivity index (χ4n) is 2.38. The van der Waals surface area contributed by atoms with E-state index in [1.54, 1.807) is 6.92 Å². The first kappa shape index (κ1) is 17.9. The van der Waals surface area contributed by atoms with E-state index in [-0.39, 0.29) is 18.4 Å². The number of rotatable bonds is 6. The zero-order valence-electron chi connectivity index (χ0n) is 13.4. The smallest absolute Gasteiger partial charge is 0.235 e. The molecule has 0 aromatic heterocycles. The molecule has 1 aliphatic rings. The summed E-state index contributed by atoms with van der Waals surface area (Å²) in [6.07, 6.45) is 0.993. The average Bonchev–Trinajstić information content (AvgIpc) is 2.64. The Balaban J connectivity index is 2.46. The van der Waals surface area contributed by atoms with Gasteiger partial charge in [0.25, 0.3) is 0 Å². The lowest BCUT2D eigenvalue weighted by Gasteiger charge is -2.29. The summed E-state index contributed by atoms with van der Waals surface area (Å²) < 4.78 is 0. The Labute approximate surface area is 127 Å². The number of β-amino-alcohol motifs (C(OH)–C–C–N with tert-alkyl or cyclic N) is 1. The van der Waals surface area contributed by atoms with Crippen molar-refractivity contribution in [1.29, 1.82) is 5.26 Å². The van der Waals surface area contributed by atoms with Gasteiger partial charge in [-0.1, -0.05) is 13.8 Å². The van der Waals surface area contributed by atoms with Crippen molar-refractivity contribution in [2.24, 2.45) is 5.92 Å². The van der Waals surface area contributed by atoms with E-state index < -0.39 is 5.54 Å². The average molecular weight is 296 g/mol. The second-order valence-corrected chi connectivity index (χ2v) is 6.21. The number of nitrogens with zero attached hydrogens (tertiary/aromatic N) is 3. The van der Waals surface area contributed by atoms with Crippen molar-refractivity contribution in [2.45, 2.75) is 32.7 Å². The number of nitriles is 1. The highest BCUT2D eigenvalue weighted by atomic mass is 16.3. The van der Waals surface area contributed by atoms with E-state index in [4.69, 9.17) is 5.11 Å². The van der Waals surface area contributed by atoms with E-state index in [1.165, 1.54) is 0 Å². The third kappa shape index (κ3) is 5.62. The summed E-state index contributed by atoms with van der Waals surface area (Å²) in [5.41, 5.74) is -0.814. The van der Waals surface area contributed by atoms with Crippen LogP contribution < -0.4 is 5.32 Å². The predicted molar refractivity (Wildman–Crippen MR) is 81.6 cm³/mol. The van der Waals surface area contributed by atoms with Crippen molar-refractivity contribution in [2.75, 3.05) is 45.9 Å². The summed E-state index contributed by atoms with van der Waals surface area (Å²) in [6.45, 7) is 10.4. The Morgan fingerprint density at radius 2 is 1.95 bits per heavy atom. The molecule has 0 spiro atoms. The van der Waals surface area contributed by atoms with Crippen molar-refractivity contribution >= 4 is 5.91 Å². The summed E-state index contributed by atoms with van der Waals surface area (Å²) in [5.74, 6) is -0.0287. The maximum Gasteiger partial charge on any atom is 0.235 e. The molecule has 1 rings (SSSR count). The monoisotopic (exact) mass is 296 g/mol. The molecule has 1 fully saturated rings. The summed E-state index contributed by atoms with van der Waals surface area (Å²) in [4.78, 5) is 16.5. The highest BCUT2D eigenvalue weighted by Crippen LogP contribution is 2.15. The summed E-state index contributed by atoms with van der Waals surface area (Å²) in [7, 11) is 0. The Morgan fingerprint density at radius 3 is 2.52 bits per heavy atom. The van der Waals surface area contributed by atoms with Crippen LogP contribution in [-0.2, 0) is 4.79 Å². The molecule has 0 aromatic rings. The molecule has 0 radical (unpaired) electrons. The van der Waals surface area contributed by atoms with Crippen LogP contribution in [0.1, 0.15) is 27.2 Å². The zero-order chi connectivity index (χ0) is 15.9. The van der Waals surface area contributed by atoms with Gasteiger partial charge in [0.1, 0.15) is 5.54 Å². The Hall–Kier alpha value is -1.16. The van der Waals surface area contributed by atoms with E-state index in [1.807, 2.05) is 13.8 Å². The van der Waals surface area contributed by atoms with Crippen LogP contribution in [0.15, 0.2) is 0 Å². The van der Waals surface area contributed by atoms with Crippen LogP contribution in [0.3, 0.4) is 0 Å². The maximum atomic E-state index is 12.2. The van der Waals surface area contributed by atoms with Gasteiger partial charge in [-0.15, -0.1) is 0 Å². The highest BCUT2D eigenvalue weighted by molar-refractivity contribution is 5.79. The van der Waals surface area contributed by atoms with E-state index in [9.17, 15) is 10.1 Å². The molecule has 0 aromatic carbocycles. The molecule has 2 N–H and O–H groups in total. The van der Waals surface area contributed by atoms with Crippen LogP contribution in [0, 0.1) is 17.2 Å². The van der Waals surface area contributed by atoms with Gasteiger partial charge >= 0.3 is 0 Å². The lowest BCUT2D eigenvalue weighted by Crippen LogP contribution is -2.52. The number of hydrogen-bond acceptors (Lipinski definition) is 5. The number of amides is 1. The van der Waals surface area contributed by atoms with Gasteiger partial charge in [-0.05, 0) is 32.4 Å². The molecule has 1 saturated heterocycles. The second kappa shape index (κ2) is 8.32. The maximum absolute atomic E-state index is 12.2. The van der Waals surface area contributed by atoms with E-state index in [2.05, 4.69) is 21.2 Å². The quantitative estimate of drug-likeness (QED) is 0.723. The molecule has 1 heterocycles. The van der Waals surface area contributed by atoms with Crippen LogP contribution in [-0.4, -0.2) is 72.2 Å². The molecule has 0 saturated carbocycles. The molecule has 1 aliphatic heterocycles. The number of hydrogen-bond donors (Lipinski definition) is 2. The van der Waals surface area contributed by atoms with Crippen molar-refractivity contribution in [1.82, 2.24) is 15.1 Å². The SMILES string of the molecule is CC(C)C(C)(C#N)NC(=O)CN1CCCN(CCO)CC1. The largest absolute Gasteiger partial charge is 0.395 e. The highest BCUT2D eigenvalue weighted by Gasteiger charge is 2.30. The topological polar surface area (TPSA) is 79.6 Å². The molecular formula is C15H28N4O2. The van der Waals surface area contributed by atoms with Crippen LogP contribution in [0.25, 0.3) is 0 Å². The zero-order valence-corrected chi connectivity index (χ0v) is 13.4. The van der Waals surface area contributed by atoms with Crippen molar-refractivity contribution in [3.8, 4) is 6.07 Å². The first-order valence-electron chi connectivity index (χ1n) is 7.69. The van der Waals surface area contributed by atoms with Crippen LogP contribution >= 0.6 is 0 Å². The van der Waals surface area contributed by atoms with Crippen LogP contribution in [0.4, 0.5) is 0 Å². The molecule has 6 nitrogen and oxygen atoms in total. The van der Waals surface area contributed by atoms with Gasteiger partial charge in [-0.3, -0.25) is 14.6 Å². The molecule has 1 amide bonds. The Kier molecular flexibility index (Phi) is 7.09. The molecule has 6 heteroatoms. The van der Waals surface area contributed by atoms with Gasteiger partial charge in [0, 0.05) is 19.6 Å². The predicted octanol–water partition coefficient (Wildman–Crippen LogP) is 0.0409. The Bertz CT molecular complexity index is 380. The minimum absolute atomic E-state index is 0.0654. The third-order valence-electron chi connectivity index (χ3n) is 4.25. The lowest BCUT2D eigenvalue weighted by molar-refractivity contribution is -0.123. The van der Waals surface area contributed by atoms with Gasteiger partial charge in [-0.2, -0.15) is 5.26 Å². The molecule has 1 atom stereocenters. The number of nitrogens with one attached hydrogen (secondary N) is 1. The van der Waals surface area contributed by atoms with Gasteiger partial charge in [0.15, 0.2) is 0 Å². The standard InChI is InChI=1S/C15H28N4O2/c1-13(2)15(3,12-16)17-14(21)11-19-6-4-5-18(7-8-19)9-10-20/h13,20H,4-11H2,1-3H3,(H,17,21). The van der Waals surface area contributed by atoms with E-state index in [0.717, 1.165) is 32.6 Å². The van der Waals surface area contributed by atoms with Gasteiger partial charge in [0.2, 0.25) is 5.91 Å². The lowest BCUT2D eigenvalue weighted by atomic mass is 9.90. The fraction of sp³-hybridized carbons (Fsp3) is 0.867. The summed E-state index contributed by atoms with van der Waals surface area (Å²) >= 11 is 0. The molecular weight excluding hydrogens is 268 g/mol. The van der Waals surface area contributed by atoms with Crippen molar-refractivity contribution in [3.63, 3.8) is 0 Å². The Morgan fingerprint density at radius 1 is 1.33 bits per heavy atom. The van der Waals surface area contributed by atoms with Crippen LogP contribution in [0.2, 0.25) is 0 Å². The van der Waals surface area contributed by atoms with Crippen molar-refractivity contribution in [3.05, 3.63) is 0 Å². The van der Waals surface area contributed by atoms with E-state index >= 15 is 0 Å². The number of aliphatic hydroxyl groups excluding tert-OH is 1. The first-order valence-corrected chi connectivity index (χ1v) is 7.69. The fourth-order valence-corrected chi connectivity index (χ4v) is 2.38. The first-order chi connectivity index (χ1) is 9.91. The minimum atomic E-state index is -0.814. The summed E-state index contributed by atoms with van der Waals surface area (Å²) in [6, 6.07) is 2.20. The second-order valence-electron chi connectivity index (χ2n) is 6.21. The van der Waals surface area contributed by atoms with Gasteiger partial charge in [-0.25, -0.2) is 0 Å². The van der Waals surface area contributed by atoms with E-state index in [0.29, 0.717) is 13.1 Å². The van der Waals surface area contributed by atoms with Crippen molar-refractivity contribution < 1.29 is 9.90 Å². The number of carbonyl (C=O) groups is 1. The van der Waals surface area contributed by atoms with Crippen LogP contribution in [0.5, 0.6) is 0 Å². The summed E-state index contributed by atoms with van der Waals surface area (Å²) in [5, 5.41) is 21.1. The van der Waals surface area contributed by atoms with Gasteiger partial charge < -0.3 is 10.4 Å². The van der Waals surface area contributed by atoms with Gasteiger partial charge in [0.05, 0.1) is 19.2 Å². The molecule has 0 bridgehead atoms. The normalized spacial score (nSPS) is 20.6. The minimum Gasteiger partial charge on any atom is -0.395 e. The molecule has 0 aliphatic carbocycles. The molecule has 21 heavy (non-hydrogen) atoms. The number of carbonyl (C=O) groups excluding carboxylic acids is 1. The molecule has 120 valence electrons. The third-order valence-corrected chi connectivity index (χ3v) is 4.25. The molecule has 1 unspecified atom stereocenters.